The standard InChI is InChI=1S/C6H8N4O/c1-5(11)8-10-6-3-2-4-7-9-6/h2-4H,1H3,(H,8,11)(H,9,10). The third-order valence-electron chi connectivity index (χ3n) is 0.939. The van der Waals surface area contributed by atoms with Crippen LogP contribution in [-0.4, -0.2) is 16.1 Å². The lowest BCUT2D eigenvalue weighted by Crippen LogP contribution is -2.27. The number of anilines is 1. The highest BCUT2D eigenvalue weighted by Crippen LogP contribution is 1.93. The van der Waals surface area contributed by atoms with Crippen LogP contribution in [0.1, 0.15) is 6.92 Å². The second-order valence-electron chi connectivity index (χ2n) is 1.92. The second kappa shape index (κ2) is 3.50. The van der Waals surface area contributed by atoms with E-state index in [9.17, 15) is 4.79 Å². The third kappa shape index (κ3) is 2.61. The van der Waals surface area contributed by atoms with Crippen molar-refractivity contribution in [3.8, 4) is 0 Å². The van der Waals surface area contributed by atoms with E-state index in [-0.39, 0.29) is 5.91 Å². The molecule has 1 amide bonds. The summed E-state index contributed by atoms with van der Waals surface area (Å²) in [7, 11) is 0. The van der Waals surface area contributed by atoms with Gasteiger partial charge in [0.1, 0.15) is 0 Å². The molecule has 0 aliphatic rings. The molecule has 58 valence electrons. The molecule has 0 bridgehead atoms. The minimum absolute atomic E-state index is 0.171. The Bertz CT molecular complexity index is 236. The van der Waals surface area contributed by atoms with Gasteiger partial charge in [0.15, 0.2) is 5.82 Å². The highest BCUT2D eigenvalue weighted by molar-refractivity contribution is 5.74. The van der Waals surface area contributed by atoms with E-state index in [2.05, 4.69) is 21.0 Å². The van der Waals surface area contributed by atoms with E-state index in [1.165, 1.54) is 6.92 Å². The van der Waals surface area contributed by atoms with Gasteiger partial charge in [0.05, 0.1) is 0 Å². The van der Waals surface area contributed by atoms with E-state index in [1.807, 2.05) is 0 Å². The smallest absolute Gasteiger partial charge is 0.235 e. The van der Waals surface area contributed by atoms with Crippen molar-refractivity contribution in [3.63, 3.8) is 0 Å². The molecule has 0 atom stereocenters. The van der Waals surface area contributed by atoms with Crippen molar-refractivity contribution in [3.05, 3.63) is 18.3 Å². The first-order chi connectivity index (χ1) is 5.29. The fraction of sp³-hybridized carbons (Fsp3) is 0.167. The van der Waals surface area contributed by atoms with Crippen LogP contribution in [0.2, 0.25) is 0 Å². The number of rotatable bonds is 2. The van der Waals surface area contributed by atoms with Crippen molar-refractivity contribution in [2.75, 3.05) is 5.43 Å². The van der Waals surface area contributed by atoms with Gasteiger partial charge < -0.3 is 0 Å². The largest absolute Gasteiger partial charge is 0.280 e. The Labute approximate surface area is 63.8 Å². The van der Waals surface area contributed by atoms with Gasteiger partial charge in [0.2, 0.25) is 5.91 Å². The summed E-state index contributed by atoms with van der Waals surface area (Å²) in [5.74, 6) is 0.346. The number of nitrogens with zero attached hydrogens (tertiary/aromatic N) is 2. The number of hydrogen-bond acceptors (Lipinski definition) is 4. The molecule has 1 rings (SSSR count). The van der Waals surface area contributed by atoms with Crippen LogP contribution in [-0.2, 0) is 4.79 Å². The molecular weight excluding hydrogens is 144 g/mol. The number of carbonyl (C=O) groups excluding carboxylic acids is 1. The zero-order valence-corrected chi connectivity index (χ0v) is 6.03. The molecule has 0 spiro atoms. The molecule has 1 aromatic rings. The molecule has 0 radical (unpaired) electrons. The van der Waals surface area contributed by atoms with Gasteiger partial charge in [-0.2, -0.15) is 5.10 Å². The maximum absolute atomic E-state index is 10.4. The van der Waals surface area contributed by atoms with Crippen molar-refractivity contribution in [1.82, 2.24) is 15.6 Å². The molecule has 1 aromatic heterocycles. The SMILES string of the molecule is CC(=O)NNc1cccnn1. The Kier molecular flexibility index (Phi) is 2.37. The Hall–Kier alpha value is -1.65. The van der Waals surface area contributed by atoms with Crippen LogP contribution < -0.4 is 10.9 Å². The van der Waals surface area contributed by atoms with Crippen molar-refractivity contribution in [2.45, 2.75) is 6.92 Å². The predicted molar refractivity (Wildman–Crippen MR) is 39.5 cm³/mol. The molecule has 0 saturated carbocycles. The number of hydrazine groups is 1. The van der Waals surface area contributed by atoms with Crippen molar-refractivity contribution >= 4 is 11.7 Å². The maximum atomic E-state index is 10.4. The van der Waals surface area contributed by atoms with Gasteiger partial charge in [-0.3, -0.25) is 15.6 Å². The number of aromatic nitrogens is 2. The van der Waals surface area contributed by atoms with E-state index in [0.29, 0.717) is 5.82 Å². The summed E-state index contributed by atoms with van der Waals surface area (Å²) in [5, 5.41) is 7.27. The molecular formula is C6H8N4O. The molecule has 0 unspecified atom stereocenters. The van der Waals surface area contributed by atoms with Crippen LogP contribution in [0.3, 0.4) is 0 Å². The van der Waals surface area contributed by atoms with Crippen molar-refractivity contribution in [2.24, 2.45) is 0 Å². The first kappa shape index (κ1) is 7.46. The number of carbonyl (C=O) groups is 1. The summed E-state index contributed by atoms with van der Waals surface area (Å²) < 4.78 is 0. The topological polar surface area (TPSA) is 66.9 Å². The summed E-state index contributed by atoms with van der Waals surface area (Å²) >= 11 is 0. The van der Waals surface area contributed by atoms with Crippen LogP contribution >= 0.6 is 0 Å². The zero-order valence-electron chi connectivity index (χ0n) is 6.03. The van der Waals surface area contributed by atoms with Gasteiger partial charge in [0.25, 0.3) is 0 Å². The Morgan fingerprint density at radius 2 is 2.45 bits per heavy atom. The summed E-state index contributed by atoms with van der Waals surface area (Å²) in [4.78, 5) is 10.4. The highest BCUT2D eigenvalue weighted by Gasteiger charge is 1.91. The average molecular weight is 152 g/mol. The molecule has 0 fully saturated rings. The predicted octanol–water partition coefficient (Wildman–Crippen LogP) is -0.0604. The molecule has 0 aliphatic carbocycles. The van der Waals surface area contributed by atoms with E-state index >= 15 is 0 Å². The van der Waals surface area contributed by atoms with Crippen LogP contribution in [0.5, 0.6) is 0 Å². The van der Waals surface area contributed by atoms with Gasteiger partial charge in [0, 0.05) is 13.1 Å². The molecule has 11 heavy (non-hydrogen) atoms. The van der Waals surface area contributed by atoms with Crippen LogP contribution in [0.15, 0.2) is 18.3 Å². The maximum Gasteiger partial charge on any atom is 0.235 e. The number of nitrogens with one attached hydrogen (secondary N) is 2. The average Bonchev–Trinajstić information content (AvgIpc) is 2.03. The van der Waals surface area contributed by atoms with Crippen LogP contribution in [0, 0.1) is 0 Å². The Morgan fingerprint density at radius 3 is 3.00 bits per heavy atom. The zero-order chi connectivity index (χ0) is 8.10. The summed E-state index contributed by atoms with van der Waals surface area (Å²) in [6.07, 6.45) is 1.55. The van der Waals surface area contributed by atoms with Gasteiger partial charge in [-0.25, -0.2) is 0 Å². The normalized spacial score (nSPS) is 8.82. The highest BCUT2D eigenvalue weighted by atomic mass is 16.2. The summed E-state index contributed by atoms with van der Waals surface area (Å²) in [5.41, 5.74) is 4.94. The first-order valence-electron chi connectivity index (χ1n) is 3.09. The molecule has 0 aromatic carbocycles. The van der Waals surface area contributed by atoms with Crippen molar-refractivity contribution in [1.29, 1.82) is 0 Å². The van der Waals surface area contributed by atoms with Crippen LogP contribution in [0.25, 0.3) is 0 Å². The van der Waals surface area contributed by atoms with Gasteiger partial charge in [-0.05, 0) is 12.1 Å². The minimum atomic E-state index is -0.171. The molecule has 2 N–H and O–H groups in total. The van der Waals surface area contributed by atoms with E-state index in [4.69, 9.17) is 0 Å². The van der Waals surface area contributed by atoms with Gasteiger partial charge in [-0.1, -0.05) is 0 Å². The van der Waals surface area contributed by atoms with Crippen molar-refractivity contribution < 1.29 is 4.79 Å². The fourth-order valence-corrected chi connectivity index (χ4v) is 0.520. The van der Waals surface area contributed by atoms with Crippen LogP contribution in [0.4, 0.5) is 5.82 Å². The molecule has 5 nitrogen and oxygen atoms in total. The van der Waals surface area contributed by atoms with E-state index in [0.717, 1.165) is 0 Å². The van der Waals surface area contributed by atoms with Gasteiger partial charge >= 0.3 is 0 Å². The quantitative estimate of drug-likeness (QED) is 0.582. The lowest BCUT2D eigenvalue weighted by Gasteiger charge is -2.02. The summed E-state index contributed by atoms with van der Waals surface area (Å²) in [6, 6.07) is 3.42. The molecule has 1 heterocycles. The Morgan fingerprint density at radius 1 is 1.64 bits per heavy atom. The van der Waals surface area contributed by atoms with E-state index in [1.54, 1.807) is 18.3 Å². The first-order valence-corrected chi connectivity index (χ1v) is 3.09. The number of hydrogen-bond donors (Lipinski definition) is 2. The second-order valence-corrected chi connectivity index (χ2v) is 1.92. The molecule has 0 aliphatic heterocycles. The number of amides is 1. The molecule has 0 saturated heterocycles. The fourth-order valence-electron chi connectivity index (χ4n) is 0.520. The lowest BCUT2D eigenvalue weighted by molar-refractivity contribution is -0.118. The van der Waals surface area contributed by atoms with Gasteiger partial charge in [-0.15, -0.1) is 5.10 Å². The van der Waals surface area contributed by atoms with E-state index < -0.39 is 0 Å². The third-order valence-corrected chi connectivity index (χ3v) is 0.939. The minimum Gasteiger partial charge on any atom is -0.280 e. The monoisotopic (exact) mass is 152 g/mol. The lowest BCUT2D eigenvalue weighted by atomic mass is 10.5. The Balaban J connectivity index is 2.45. The molecule has 5 heteroatoms. The summed E-state index contributed by atoms with van der Waals surface area (Å²) in [6.45, 7) is 1.41.